The smallest absolute Gasteiger partial charge is 0.150 e. The van der Waals surface area contributed by atoms with Gasteiger partial charge in [0.25, 0.3) is 0 Å². The minimum absolute atomic E-state index is 0.0714. The number of allylic oxidation sites excluding steroid dienone is 1. The third-order valence-corrected chi connectivity index (χ3v) is 4.73. The molecule has 1 atom stereocenters. The Hall–Kier alpha value is -1.65. The Bertz CT molecular complexity index is 713. The van der Waals surface area contributed by atoms with Crippen LogP contribution in [0.2, 0.25) is 0 Å². The average molecular weight is 327 g/mol. The van der Waals surface area contributed by atoms with Crippen molar-refractivity contribution in [1.29, 1.82) is 0 Å². The molecule has 1 aliphatic heterocycles. The maximum absolute atomic E-state index is 5.98. The second-order valence-corrected chi connectivity index (χ2v) is 6.96. The molecule has 1 aromatic carbocycles. The molecule has 2 aromatic rings. The fourth-order valence-corrected chi connectivity index (χ4v) is 3.44. The molecular weight excluding hydrogens is 298 g/mol. The number of hydrogen-bond donors (Lipinski definition) is 0. The number of hydrogen-bond acceptors (Lipinski definition) is 3. The second kappa shape index (κ2) is 7.49. The van der Waals surface area contributed by atoms with Crippen LogP contribution in [0, 0.1) is 0 Å². The molecule has 130 valence electrons. The molecule has 3 rings (SSSR count). The van der Waals surface area contributed by atoms with Crippen LogP contribution < -0.4 is 0 Å². The molecule has 0 spiro atoms. The number of benzene rings is 1. The Morgan fingerprint density at radius 2 is 2.25 bits per heavy atom. The molecule has 0 amide bonds. The van der Waals surface area contributed by atoms with Crippen LogP contribution in [0.15, 0.2) is 24.8 Å². The summed E-state index contributed by atoms with van der Waals surface area (Å²) >= 11 is 0. The summed E-state index contributed by atoms with van der Waals surface area (Å²) < 4.78 is 8.09. The van der Waals surface area contributed by atoms with Crippen LogP contribution in [-0.4, -0.2) is 34.9 Å². The van der Waals surface area contributed by atoms with E-state index >= 15 is 0 Å². The van der Waals surface area contributed by atoms with Crippen molar-refractivity contribution < 1.29 is 4.74 Å². The zero-order valence-corrected chi connectivity index (χ0v) is 15.2. The Morgan fingerprint density at radius 3 is 2.92 bits per heavy atom. The lowest BCUT2D eigenvalue weighted by Gasteiger charge is -2.23. The normalized spacial score (nSPS) is 18.4. The molecule has 0 aliphatic carbocycles. The van der Waals surface area contributed by atoms with Gasteiger partial charge in [-0.05, 0) is 63.9 Å². The van der Waals surface area contributed by atoms with Crippen LogP contribution in [0.1, 0.15) is 57.0 Å². The summed E-state index contributed by atoms with van der Waals surface area (Å²) in [5.41, 5.74) is 4.59. The average Bonchev–Trinajstić information content (AvgIpc) is 2.93. The van der Waals surface area contributed by atoms with Crippen LogP contribution in [0.5, 0.6) is 0 Å². The predicted octanol–water partition coefficient (Wildman–Crippen LogP) is 4.61. The van der Waals surface area contributed by atoms with Gasteiger partial charge < -0.3 is 9.64 Å². The van der Waals surface area contributed by atoms with Crippen molar-refractivity contribution in [3.8, 4) is 0 Å². The van der Waals surface area contributed by atoms with Crippen molar-refractivity contribution in [2.45, 2.75) is 52.3 Å². The summed E-state index contributed by atoms with van der Waals surface area (Å²) in [6, 6.07) is 6.55. The van der Waals surface area contributed by atoms with E-state index in [0.717, 1.165) is 50.2 Å². The minimum atomic E-state index is 0.0714. The van der Waals surface area contributed by atoms with Crippen LogP contribution in [0.25, 0.3) is 16.5 Å². The van der Waals surface area contributed by atoms with Gasteiger partial charge in [0.05, 0.1) is 11.2 Å². The van der Waals surface area contributed by atoms with E-state index in [9.17, 15) is 0 Å². The molecule has 4 heteroatoms. The van der Waals surface area contributed by atoms with Gasteiger partial charge in [-0.15, -0.1) is 0 Å². The SMILES string of the molecule is C=C(C)c1ccc2c(c1)c(CN(C)CCC)nn2C1CCCCO1. The number of rotatable bonds is 6. The molecular formula is C20H29N3O. The Kier molecular flexibility index (Phi) is 5.36. The van der Waals surface area contributed by atoms with Gasteiger partial charge in [0.15, 0.2) is 6.23 Å². The maximum atomic E-state index is 5.98. The third kappa shape index (κ3) is 3.55. The standard InChI is InChI=1S/C20H29N3O/c1-5-11-22(4)14-18-17-13-16(15(2)3)9-10-19(17)23(21-18)20-8-6-7-12-24-20/h9-10,13,20H,2,5-8,11-12,14H2,1,3-4H3. The zero-order chi connectivity index (χ0) is 17.1. The predicted molar refractivity (Wildman–Crippen MR) is 99.9 cm³/mol. The van der Waals surface area contributed by atoms with Crippen LogP contribution in [0.3, 0.4) is 0 Å². The fourth-order valence-electron chi connectivity index (χ4n) is 3.44. The van der Waals surface area contributed by atoms with E-state index in [-0.39, 0.29) is 6.23 Å². The van der Waals surface area contributed by atoms with Gasteiger partial charge in [0.2, 0.25) is 0 Å². The molecule has 1 saturated heterocycles. The Labute approximate surface area is 145 Å². The third-order valence-electron chi connectivity index (χ3n) is 4.73. The number of aromatic nitrogens is 2. The van der Waals surface area contributed by atoms with E-state index in [2.05, 4.69) is 55.3 Å². The van der Waals surface area contributed by atoms with Gasteiger partial charge in [0.1, 0.15) is 0 Å². The van der Waals surface area contributed by atoms with Crippen molar-refractivity contribution in [1.82, 2.24) is 14.7 Å². The largest absolute Gasteiger partial charge is 0.356 e. The highest BCUT2D eigenvalue weighted by Gasteiger charge is 2.21. The lowest BCUT2D eigenvalue weighted by atomic mass is 10.1. The van der Waals surface area contributed by atoms with Gasteiger partial charge >= 0.3 is 0 Å². The molecule has 2 heterocycles. The fraction of sp³-hybridized carbons (Fsp3) is 0.550. The molecule has 1 unspecified atom stereocenters. The first-order valence-electron chi connectivity index (χ1n) is 9.07. The van der Waals surface area contributed by atoms with Crippen LogP contribution >= 0.6 is 0 Å². The summed E-state index contributed by atoms with van der Waals surface area (Å²) in [6.45, 7) is 11.1. The van der Waals surface area contributed by atoms with Crippen molar-refractivity contribution in [3.63, 3.8) is 0 Å². The quantitative estimate of drug-likeness (QED) is 0.776. The van der Waals surface area contributed by atoms with E-state index in [1.807, 2.05) is 0 Å². The molecule has 0 N–H and O–H groups in total. The molecule has 24 heavy (non-hydrogen) atoms. The van der Waals surface area contributed by atoms with Crippen molar-refractivity contribution >= 4 is 16.5 Å². The van der Waals surface area contributed by atoms with Gasteiger partial charge in [-0.3, -0.25) is 0 Å². The number of ether oxygens (including phenoxy) is 1. The van der Waals surface area contributed by atoms with Gasteiger partial charge in [-0.1, -0.05) is 25.1 Å². The van der Waals surface area contributed by atoms with E-state index < -0.39 is 0 Å². The summed E-state index contributed by atoms with van der Waals surface area (Å²) in [5.74, 6) is 0. The lowest BCUT2D eigenvalue weighted by Crippen LogP contribution is -2.21. The lowest BCUT2D eigenvalue weighted by molar-refractivity contribution is -0.0369. The van der Waals surface area contributed by atoms with Gasteiger partial charge in [0, 0.05) is 18.5 Å². The molecule has 1 fully saturated rings. The van der Waals surface area contributed by atoms with Crippen LogP contribution in [-0.2, 0) is 11.3 Å². The summed E-state index contributed by atoms with van der Waals surface area (Å²) in [5, 5.41) is 6.19. The zero-order valence-electron chi connectivity index (χ0n) is 15.2. The van der Waals surface area contributed by atoms with Crippen molar-refractivity contribution in [3.05, 3.63) is 36.0 Å². The number of nitrogens with zero attached hydrogens (tertiary/aromatic N) is 3. The molecule has 0 saturated carbocycles. The topological polar surface area (TPSA) is 30.3 Å². The van der Waals surface area contributed by atoms with Crippen LogP contribution in [0.4, 0.5) is 0 Å². The second-order valence-electron chi connectivity index (χ2n) is 6.96. The highest BCUT2D eigenvalue weighted by atomic mass is 16.5. The summed E-state index contributed by atoms with van der Waals surface area (Å²) in [7, 11) is 2.16. The van der Waals surface area contributed by atoms with Gasteiger partial charge in [-0.25, -0.2) is 4.68 Å². The van der Waals surface area contributed by atoms with Crippen molar-refractivity contribution in [2.75, 3.05) is 20.2 Å². The first-order chi connectivity index (χ1) is 11.6. The van der Waals surface area contributed by atoms with E-state index in [0.29, 0.717) is 0 Å². The Morgan fingerprint density at radius 1 is 1.42 bits per heavy atom. The first-order valence-corrected chi connectivity index (χ1v) is 9.07. The molecule has 1 aliphatic rings. The van der Waals surface area contributed by atoms with Crippen molar-refractivity contribution in [2.24, 2.45) is 0 Å². The summed E-state index contributed by atoms with van der Waals surface area (Å²) in [6.07, 6.45) is 4.63. The highest BCUT2D eigenvalue weighted by Crippen LogP contribution is 2.30. The van der Waals surface area contributed by atoms with E-state index in [1.165, 1.54) is 22.9 Å². The molecule has 0 radical (unpaired) electrons. The maximum Gasteiger partial charge on any atom is 0.150 e. The highest BCUT2D eigenvalue weighted by molar-refractivity contribution is 5.85. The summed E-state index contributed by atoms with van der Waals surface area (Å²) in [4.78, 5) is 2.33. The van der Waals surface area contributed by atoms with E-state index in [4.69, 9.17) is 9.84 Å². The Balaban J connectivity index is 2.03. The molecule has 1 aromatic heterocycles. The molecule has 4 nitrogen and oxygen atoms in total. The first kappa shape index (κ1) is 17.2. The number of fused-ring (bicyclic) bond motifs is 1. The van der Waals surface area contributed by atoms with Gasteiger partial charge in [-0.2, -0.15) is 5.10 Å². The van der Waals surface area contributed by atoms with E-state index in [1.54, 1.807) is 0 Å². The minimum Gasteiger partial charge on any atom is -0.356 e. The molecule has 0 bridgehead atoms. The monoisotopic (exact) mass is 327 g/mol.